The highest BCUT2D eigenvalue weighted by Gasteiger charge is 2.08. The van der Waals surface area contributed by atoms with Gasteiger partial charge < -0.3 is 4.74 Å². The van der Waals surface area contributed by atoms with Gasteiger partial charge in [-0.3, -0.25) is 10.3 Å². The number of nitrogens with one attached hydrogen (secondary N) is 1. The van der Waals surface area contributed by atoms with Crippen molar-refractivity contribution in [1.82, 2.24) is 5.48 Å². The van der Waals surface area contributed by atoms with Gasteiger partial charge >= 0.3 is 5.97 Å². The van der Waals surface area contributed by atoms with Crippen molar-refractivity contribution in [2.75, 3.05) is 14.2 Å². The number of benzene rings is 1. The van der Waals surface area contributed by atoms with Gasteiger partial charge in [0.15, 0.2) is 0 Å². The molecule has 1 rings (SSSR count). The Balaban J connectivity index is 2.97. The van der Waals surface area contributed by atoms with Gasteiger partial charge in [-0.05, 0) is 23.8 Å². The van der Waals surface area contributed by atoms with Crippen LogP contribution in [0.1, 0.15) is 5.56 Å². The fraction of sp³-hybridized carbons (Fsp3) is 0.182. The Bertz CT molecular complexity index is 404. The van der Waals surface area contributed by atoms with Crippen molar-refractivity contribution in [2.24, 2.45) is 0 Å². The van der Waals surface area contributed by atoms with E-state index in [9.17, 15) is 4.79 Å². The van der Waals surface area contributed by atoms with Gasteiger partial charge in [0.1, 0.15) is 5.70 Å². The highest BCUT2D eigenvalue weighted by atomic mass is 79.9. The Morgan fingerprint density at radius 1 is 1.44 bits per heavy atom. The number of ether oxygens (including phenoxy) is 1. The number of hydrogen-bond acceptors (Lipinski definition) is 4. The lowest BCUT2D eigenvalue weighted by Crippen LogP contribution is -2.20. The summed E-state index contributed by atoms with van der Waals surface area (Å²) in [4.78, 5) is 16.0. The molecule has 1 N–H and O–H groups in total. The number of esters is 1. The molecule has 0 aromatic heterocycles. The molecule has 0 bridgehead atoms. The van der Waals surface area contributed by atoms with Crippen molar-refractivity contribution in [3.63, 3.8) is 0 Å². The van der Waals surface area contributed by atoms with Gasteiger partial charge in [-0.1, -0.05) is 28.1 Å². The molecule has 86 valence electrons. The predicted molar refractivity (Wildman–Crippen MR) is 64.3 cm³/mol. The summed E-state index contributed by atoms with van der Waals surface area (Å²) in [5.74, 6) is -0.484. The second kappa shape index (κ2) is 6.30. The molecular formula is C11H12BrNO3. The van der Waals surface area contributed by atoms with Crippen LogP contribution < -0.4 is 5.48 Å². The molecule has 0 unspecified atom stereocenters. The van der Waals surface area contributed by atoms with Crippen LogP contribution in [0.3, 0.4) is 0 Å². The number of halogens is 1. The maximum absolute atomic E-state index is 11.3. The van der Waals surface area contributed by atoms with Gasteiger partial charge in [0, 0.05) is 4.47 Å². The summed E-state index contributed by atoms with van der Waals surface area (Å²) in [6.45, 7) is 0. The van der Waals surface area contributed by atoms with E-state index in [1.807, 2.05) is 24.3 Å². The molecule has 1 aromatic carbocycles. The molecule has 0 aliphatic carbocycles. The third-order valence-corrected chi connectivity index (χ3v) is 2.27. The van der Waals surface area contributed by atoms with E-state index in [0.29, 0.717) is 0 Å². The fourth-order valence-corrected chi connectivity index (χ4v) is 1.53. The molecule has 0 heterocycles. The van der Waals surface area contributed by atoms with Gasteiger partial charge in [-0.2, -0.15) is 0 Å². The molecule has 0 saturated carbocycles. The van der Waals surface area contributed by atoms with Crippen LogP contribution in [-0.2, 0) is 14.4 Å². The number of carbonyl (C=O) groups is 1. The zero-order valence-electron chi connectivity index (χ0n) is 8.99. The van der Waals surface area contributed by atoms with Crippen LogP contribution in [0.15, 0.2) is 34.4 Å². The fourth-order valence-electron chi connectivity index (χ4n) is 1.11. The monoisotopic (exact) mass is 285 g/mol. The molecule has 0 saturated heterocycles. The first-order chi connectivity index (χ1) is 7.67. The summed E-state index contributed by atoms with van der Waals surface area (Å²) in [6.07, 6.45) is 1.64. The van der Waals surface area contributed by atoms with Crippen LogP contribution in [0, 0.1) is 0 Å². The Kier molecular flexibility index (Phi) is 5.01. The van der Waals surface area contributed by atoms with E-state index >= 15 is 0 Å². The van der Waals surface area contributed by atoms with Gasteiger partial charge in [0.2, 0.25) is 0 Å². The van der Waals surface area contributed by atoms with E-state index < -0.39 is 5.97 Å². The summed E-state index contributed by atoms with van der Waals surface area (Å²) in [6, 6.07) is 7.52. The first kappa shape index (κ1) is 12.7. The molecule has 5 heteroatoms. The molecule has 1 aromatic rings. The Morgan fingerprint density at radius 3 is 2.75 bits per heavy atom. The maximum Gasteiger partial charge on any atom is 0.356 e. The maximum atomic E-state index is 11.3. The van der Waals surface area contributed by atoms with Crippen LogP contribution in [-0.4, -0.2) is 20.2 Å². The van der Waals surface area contributed by atoms with E-state index in [-0.39, 0.29) is 5.70 Å². The van der Waals surface area contributed by atoms with Crippen LogP contribution in [0.4, 0.5) is 0 Å². The van der Waals surface area contributed by atoms with Gasteiger partial charge in [-0.15, -0.1) is 0 Å². The number of hydrogen-bond donors (Lipinski definition) is 1. The number of rotatable bonds is 4. The van der Waals surface area contributed by atoms with E-state index in [0.717, 1.165) is 10.0 Å². The Labute approximate surface area is 102 Å². The molecule has 0 aliphatic rings. The Hall–Kier alpha value is -1.33. The first-order valence-electron chi connectivity index (χ1n) is 4.52. The molecule has 0 aliphatic heterocycles. The molecule has 0 atom stereocenters. The number of methoxy groups -OCH3 is 1. The lowest BCUT2D eigenvalue weighted by Gasteiger charge is -2.06. The van der Waals surface area contributed by atoms with Gasteiger partial charge in [-0.25, -0.2) is 4.79 Å². The van der Waals surface area contributed by atoms with Gasteiger partial charge in [0.05, 0.1) is 14.2 Å². The van der Waals surface area contributed by atoms with Gasteiger partial charge in [0.25, 0.3) is 0 Å². The lowest BCUT2D eigenvalue weighted by molar-refractivity contribution is -0.137. The minimum Gasteiger partial charge on any atom is -0.464 e. The van der Waals surface area contributed by atoms with Crippen molar-refractivity contribution in [3.05, 3.63) is 40.0 Å². The number of carbonyl (C=O) groups excluding carboxylic acids is 1. The summed E-state index contributed by atoms with van der Waals surface area (Å²) >= 11 is 3.35. The third kappa shape index (κ3) is 3.67. The van der Waals surface area contributed by atoms with E-state index in [1.54, 1.807) is 6.08 Å². The molecule has 0 spiro atoms. The van der Waals surface area contributed by atoms with Crippen LogP contribution >= 0.6 is 15.9 Å². The average Bonchev–Trinajstić information content (AvgIpc) is 2.27. The predicted octanol–water partition coefficient (Wildman–Crippen LogP) is 2.11. The second-order valence-electron chi connectivity index (χ2n) is 2.91. The Morgan fingerprint density at radius 2 is 2.19 bits per heavy atom. The topological polar surface area (TPSA) is 47.6 Å². The zero-order chi connectivity index (χ0) is 12.0. The van der Waals surface area contributed by atoms with Crippen molar-refractivity contribution in [3.8, 4) is 0 Å². The van der Waals surface area contributed by atoms with Crippen molar-refractivity contribution in [1.29, 1.82) is 0 Å². The van der Waals surface area contributed by atoms with Crippen molar-refractivity contribution >= 4 is 28.0 Å². The van der Waals surface area contributed by atoms with Crippen molar-refractivity contribution in [2.45, 2.75) is 0 Å². The zero-order valence-corrected chi connectivity index (χ0v) is 10.6. The highest BCUT2D eigenvalue weighted by Crippen LogP contribution is 2.14. The van der Waals surface area contributed by atoms with E-state index in [2.05, 4.69) is 26.1 Å². The molecule has 0 radical (unpaired) electrons. The third-order valence-electron chi connectivity index (χ3n) is 1.78. The highest BCUT2D eigenvalue weighted by molar-refractivity contribution is 9.10. The van der Waals surface area contributed by atoms with Crippen LogP contribution in [0.5, 0.6) is 0 Å². The number of hydroxylamine groups is 1. The van der Waals surface area contributed by atoms with Crippen LogP contribution in [0.2, 0.25) is 0 Å². The quantitative estimate of drug-likeness (QED) is 0.523. The summed E-state index contributed by atoms with van der Waals surface area (Å²) < 4.78 is 5.54. The molecular weight excluding hydrogens is 274 g/mol. The first-order valence-corrected chi connectivity index (χ1v) is 5.31. The molecule has 16 heavy (non-hydrogen) atoms. The smallest absolute Gasteiger partial charge is 0.356 e. The lowest BCUT2D eigenvalue weighted by atomic mass is 10.2. The van der Waals surface area contributed by atoms with Crippen molar-refractivity contribution < 1.29 is 14.4 Å². The second-order valence-corrected chi connectivity index (χ2v) is 3.83. The largest absolute Gasteiger partial charge is 0.464 e. The molecule has 0 fully saturated rings. The summed E-state index contributed by atoms with van der Waals surface area (Å²) in [5, 5.41) is 0. The standard InChI is InChI=1S/C11H12BrNO3/c1-15-11(14)10(13-16-2)7-8-4-3-5-9(12)6-8/h3-7,13H,1-2H3/b10-7-. The average molecular weight is 286 g/mol. The van der Waals surface area contributed by atoms with Crippen LogP contribution in [0.25, 0.3) is 6.08 Å². The van der Waals surface area contributed by atoms with E-state index in [4.69, 9.17) is 4.84 Å². The van der Waals surface area contributed by atoms with E-state index in [1.165, 1.54) is 14.2 Å². The normalized spacial score (nSPS) is 11.1. The minimum absolute atomic E-state index is 0.239. The summed E-state index contributed by atoms with van der Waals surface area (Å²) in [5.41, 5.74) is 3.57. The molecule has 0 amide bonds. The molecule has 4 nitrogen and oxygen atoms in total. The SMILES string of the molecule is CON/C(=C\c1cccc(Br)c1)C(=O)OC. The minimum atomic E-state index is -0.484. The summed E-state index contributed by atoms with van der Waals surface area (Å²) in [7, 11) is 2.74.